The van der Waals surface area contributed by atoms with E-state index in [1.807, 2.05) is 25.1 Å². The van der Waals surface area contributed by atoms with E-state index in [2.05, 4.69) is 20.2 Å². The molecule has 1 saturated heterocycles. The average molecular weight is 342 g/mol. The molecule has 3 heterocycles. The summed E-state index contributed by atoms with van der Waals surface area (Å²) in [6.45, 7) is 4.11. The highest BCUT2D eigenvalue weighted by Gasteiger charge is 2.32. The lowest BCUT2D eigenvalue weighted by Gasteiger charge is -2.32. The van der Waals surface area contributed by atoms with E-state index in [9.17, 15) is 4.79 Å². The second kappa shape index (κ2) is 6.61. The van der Waals surface area contributed by atoms with Gasteiger partial charge in [0, 0.05) is 31.4 Å². The molecule has 1 saturated carbocycles. The number of nitrogens with zero attached hydrogens (tertiary/aromatic N) is 3. The molecular formula is C18H22N4OS. The number of rotatable bonds is 4. The minimum absolute atomic E-state index is 0.0112. The first-order valence-electron chi connectivity index (χ1n) is 8.64. The van der Waals surface area contributed by atoms with Crippen molar-refractivity contribution in [3.8, 4) is 10.7 Å². The number of amides is 1. The minimum atomic E-state index is 0.0112. The van der Waals surface area contributed by atoms with E-state index in [-0.39, 0.29) is 11.9 Å². The smallest absolute Gasteiger partial charge is 0.263 e. The van der Waals surface area contributed by atoms with Crippen LogP contribution in [0.15, 0.2) is 24.4 Å². The number of thiazole rings is 1. The molecule has 6 heteroatoms. The van der Waals surface area contributed by atoms with Gasteiger partial charge in [0.25, 0.3) is 5.91 Å². The molecule has 1 amide bonds. The Balaban J connectivity index is 1.40. The van der Waals surface area contributed by atoms with Gasteiger partial charge in [0.1, 0.15) is 9.88 Å². The van der Waals surface area contributed by atoms with Crippen molar-refractivity contribution < 1.29 is 4.79 Å². The number of likely N-dealkylation sites (tertiary alicyclic amines) is 1. The van der Waals surface area contributed by atoms with E-state index in [1.54, 1.807) is 6.20 Å². The van der Waals surface area contributed by atoms with Gasteiger partial charge in [-0.05, 0) is 44.7 Å². The third-order valence-corrected chi connectivity index (χ3v) is 5.99. The number of nitrogens with one attached hydrogen (secondary N) is 1. The summed E-state index contributed by atoms with van der Waals surface area (Å²) in [5, 5.41) is 4.01. The van der Waals surface area contributed by atoms with Crippen molar-refractivity contribution in [1.29, 1.82) is 0 Å². The number of hydrogen-bond acceptors (Lipinski definition) is 5. The Labute approximate surface area is 146 Å². The Hall–Kier alpha value is -1.79. The summed E-state index contributed by atoms with van der Waals surface area (Å²) >= 11 is 1.43. The monoisotopic (exact) mass is 342 g/mol. The van der Waals surface area contributed by atoms with Crippen molar-refractivity contribution in [2.45, 2.75) is 44.7 Å². The molecule has 4 rings (SSSR count). The topological polar surface area (TPSA) is 58.1 Å². The molecule has 2 aliphatic rings. The Morgan fingerprint density at radius 1 is 1.25 bits per heavy atom. The zero-order chi connectivity index (χ0) is 16.5. The molecule has 0 atom stereocenters. The Morgan fingerprint density at radius 3 is 2.71 bits per heavy atom. The number of carbonyl (C=O) groups excluding carboxylic acids is 1. The van der Waals surface area contributed by atoms with Crippen molar-refractivity contribution in [3.05, 3.63) is 35.0 Å². The molecule has 0 aromatic carbocycles. The molecule has 2 aromatic heterocycles. The Kier molecular flexibility index (Phi) is 4.33. The van der Waals surface area contributed by atoms with Gasteiger partial charge in [-0.1, -0.05) is 6.07 Å². The molecular weight excluding hydrogens is 320 g/mol. The fraction of sp³-hybridized carbons (Fsp3) is 0.500. The molecule has 0 unspecified atom stereocenters. The molecule has 0 radical (unpaired) electrons. The van der Waals surface area contributed by atoms with Crippen LogP contribution in [0.25, 0.3) is 10.7 Å². The summed E-state index contributed by atoms with van der Waals surface area (Å²) < 4.78 is 0. The summed E-state index contributed by atoms with van der Waals surface area (Å²) in [6, 6.07) is 6.85. The van der Waals surface area contributed by atoms with E-state index in [4.69, 9.17) is 0 Å². The van der Waals surface area contributed by atoms with Crippen molar-refractivity contribution in [2.75, 3.05) is 13.1 Å². The molecule has 24 heavy (non-hydrogen) atoms. The predicted molar refractivity (Wildman–Crippen MR) is 95.2 cm³/mol. The number of aryl methyl sites for hydroxylation is 1. The summed E-state index contributed by atoms with van der Waals surface area (Å²) in [5.74, 6) is 0.0112. The minimum Gasteiger partial charge on any atom is -0.348 e. The lowest BCUT2D eigenvalue weighted by atomic mass is 10.0. The zero-order valence-corrected chi connectivity index (χ0v) is 14.7. The van der Waals surface area contributed by atoms with Crippen molar-refractivity contribution in [3.63, 3.8) is 0 Å². The second-order valence-corrected chi connectivity index (χ2v) is 7.66. The van der Waals surface area contributed by atoms with Gasteiger partial charge in [-0.2, -0.15) is 0 Å². The molecule has 1 N–H and O–H groups in total. The van der Waals surface area contributed by atoms with E-state index in [0.29, 0.717) is 4.88 Å². The molecule has 0 bridgehead atoms. The van der Waals surface area contributed by atoms with Crippen LogP contribution in [0.2, 0.25) is 0 Å². The van der Waals surface area contributed by atoms with Crippen LogP contribution in [0.1, 0.15) is 41.0 Å². The van der Waals surface area contributed by atoms with Gasteiger partial charge in [0.15, 0.2) is 0 Å². The average Bonchev–Trinajstić information content (AvgIpc) is 3.38. The number of pyridine rings is 1. The Bertz CT molecular complexity index is 718. The fourth-order valence-corrected chi connectivity index (χ4v) is 4.25. The number of aromatic nitrogens is 2. The maximum atomic E-state index is 12.6. The van der Waals surface area contributed by atoms with E-state index in [1.165, 1.54) is 24.2 Å². The van der Waals surface area contributed by atoms with Gasteiger partial charge in [-0.15, -0.1) is 11.3 Å². The number of hydrogen-bond donors (Lipinski definition) is 1. The largest absolute Gasteiger partial charge is 0.348 e. The van der Waals surface area contributed by atoms with Gasteiger partial charge in [0.05, 0.1) is 11.4 Å². The maximum Gasteiger partial charge on any atom is 0.263 e. The summed E-state index contributed by atoms with van der Waals surface area (Å²) in [6.07, 6.45) is 6.56. The molecule has 126 valence electrons. The van der Waals surface area contributed by atoms with Crippen molar-refractivity contribution >= 4 is 17.2 Å². The van der Waals surface area contributed by atoms with Crippen molar-refractivity contribution in [2.24, 2.45) is 0 Å². The lowest BCUT2D eigenvalue weighted by Crippen LogP contribution is -2.45. The molecule has 1 aliphatic heterocycles. The van der Waals surface area contributed by atoms with Crippen LogP contribution in [0, 0.1) is 6.92 Å². The van der Waals surface area contributed by atoms with Crippen LogP contribution in [0.4, 0.5) is 0 Å². The highest BCUT2D eigenvalue weighted by atomic mass is 32.1. The van der Waals surface area contributed by atoms with Gasteiger partial charge in [-0.3, -0.25) is 9.78 Å². The molecule has 2 aromatic rings. The summed E-state index contributed by atoms with van der Waals surface area (Å²) in [5.41, 5.74) is 1.61. The molecule has 1 aliphatic carbocycles. The first-order chi connectivity index (χ1) is 11.7. The van der Waals surface area contributed by atoms with Crippen LogP contribution in [0.3, 0.4) is 0 Å². The Morgan fingerprint density at radius 2 is 2.04 bits per heavy atom. The molecule has 5 nitrogen and oxygen atoms in total. The second-order valence-electron chi connectivity index (χ2n) is 6.66. The van der Waals surface area contributed by atoms with Gasteiger partial charge >= 0.3 is 0 Å². The van der Waals surface area contributed by atoms with Gasteiger partial charge in [-0.25, -0.2) is 4.98 Å². The van der Waals surface area contributed by atoms with Gasteiger partial charge in [0.2, 0.25) is 0 Å². The lowest BCUT2D eigenvalue weighted by molar-refractivity contribution is 0.0912. The normalized spacial score (nSPS) is 19.4. The van der Waals surface area contributed by atoms with Crippen LogP contribution >= 0.6 is 11.3 Å². The maximum absolute atomic E-state index is 12.6. The highest BCUT2D eigenvalue weighted by Crippen LogP contribution is 2.30. The van der Waals surface area contributed by atoms with Crippen LogP contribution in [-0.4, -0.2) is 45.9 Å². The van der Waals surface area contributed by atoms with E-state index >= 15 is 0 Å². The SMILES string of the molecule is Cc1nc(-c2ccccn2)sc1C(=O)NC1CCN(C2CC2)CC1. The van der Waals surface area contributed by atoms with Crippen LogP contribution in [0.5, 0.6) is 0 Å². The molecule has 0 spiro atoms. The summed E-state index contributed by atoms with van der Waals surface area (Å²) in [7, 11) is 0. The third-order valence-electron chi connectivity index (χ3n) is 4.81. The van der Waals surface area contributed by atoms with E-state index in [0.717, 1.165) is 48.4 Å². The number of piperidine rings is 1. The molecule has 2 fully saturated rings. The number of carbonyl (C=O) groups is 1. The van der Waals surface area contributed by atoms with Crippen LogP contribution < -0.4 is 5.32 Å². The zero-order valence-electron chi connectivity index (χ0n) is 13.9. The highest BCUT2D eigenvalue weighted by molar-refractivity contribution is 7.17. The van der Waals surface area contributed by atoms with Crippen molar-refractivity contribution in [1.82, 2.24) is 20.2 Å². The quantitative estimate of drug-likeness (QED) is 0.928. The third kappa shape index (κ3) is 3.35. The standard InChI is InChI=1S/C18H22N4OS/c1-12-16(24-18(20-12)15-4-2-3-9-19-15)17(23)21-13-7-10-22(11-8-13)14-5-6-14/h2-4,9,13-14H,5-8,10-11H2,1H3,(H,21,23). The fourth-order valence-electron chi connectivity index (χ4n) is 3.31. The van der Waals surface area contributed by atoms with Crippen LogP contribution in [-0.2, 0) is 0 Å². The predicted octanol–water partition coefficient (Wildman–Crippen LogP) is 2.87. The summed E-state index contributed by atoms with van der Waals surface area (Å²) in [4.78, 5) is 24.8. The first-order valence-corrected chi connectivity index (χ1v) is 9.46. The first kappa shape index (κ1) is 15.7. The van der Waals surface area contributed by atoms with E-state index < -0.39 is 0 Å². The van der Waals surface area contributed by atoms with Gasteiger partial charge < -0.3 is 10.2 Å².